The number of hydrogen-bond acceptors (Lipinski definition) is 3. The topological polar surface area (TPSA) is 38.0 Å². The Balaban J connectivity index is 2.18. The van der Waals surface area contributed by atoms with Crippen LogP contribution in [-0.2, 0) is 0 Å². The Bertz CT molecular complexity index is 367. The van der Waals surface area contributed by atoms with Gasteiger partial charge in [0.1, 0.15) is 0 Å². The summed E-state index contributed by atoms with van der Waals surface area (Å²) >= 11 is 2.01. The molecule has 1 fully saturated rings. The fourth-order valence-electron chi connectivity index (χ4n) is 2.27. The van der Waals surface area contributed by atoms with E-state index < -0.39 is 0 Å². The molecule has 0 bridgehead atoms. The molecule has 0 amide bonds. The first kappa shape index (κ1) is 11.8. The Hall–Kier alpha value is -0.670. The predicted octanol–water partition coefficient (Wildman–Crippen LogP) is 2.63. The van der Waals surface area contributed by atoms with Gasteiger partial charge in [0, 0.05) is 17.5 Å². The van der Waals surface area contributed by atoms with Crippen molar-refractivity contribution in [1.29, 1.82) is 0 Å². The van der Waals surface area contributed by atoms with Crippen LogP contribution in [-0.4, -0.2) is 23.1 Å². The van der Waals surface area contributed by atoms with Crippen LogP contribution in [0.15, 0.2) is 24.3 Å². The molecule has 1 aliphatic heterocycles. The van der Waals surface area contributed by atoms with Crippen LogP contribution in [0.25, 0.3) is 0 Å². The minimum Gasteiger partial charge on any atom is -0.377 e. The Kier molecular flexibility index (Phi) is 3.45. The molecule has 16 heavy (non-hydrogen) atoms. The zero-order chi connectivity index (χ0) is 11.6. The Morgan fingerprint density at radius 2 is 2.38 bits per heavy atom. The van der Waals surface area contributed by atoms with Gasteiger partial charge in [0.25, 0.3) is 0 Å². The first-order valence-electron chi connectivity index (χ1n) is 5.83. The summed E-state index contributed by atoms with van der Waals surface area (Å²) in [5.74, 6) is 1.21. The smallest absolute Gasteiger partial charge is 0.0619 e. The van der Waals surface area contributed by atoms with E-state index in [-0.39, 0.29) is 5.54 Å². The molecule has 0 radical (unpaired) electrons. The maximum Gasteiger partial charge on any atom is 0.0619 e. The average molecular weight is 236 g/mol. The van der Waals surface area contributed by atoms with E-state index in [1.165, 1.54) is 17.0 Å². The lowest BCUT2D eigenvalue weighted by atomic mass is 9.92. The standard InChI is InChI=1S/C13H20N2S/c1-10-4-3-5-12(8-10)15-13(9-14)6-7-16-11(13)2/h3-5,8,11,15H,6-7,9,14H2,1-2H3. The van der Waals surface area contributed by atoms with Gasteiger partial charge in [0.15, 0.2) is 0 Å². The van der Waals surface area contributed by atoms with Crippen molar-refractivity contribution in [1.82, 2.24) is 0 Å². The van der Waals surface area contributed by atoms with Gasteiger partial charge in [-0.05, 0) is 36.8 Å². The van der Waals surface area contributed by atoms with Gasteiger partial charge >= 0.3 is 0 Å². The van der Waals surface area contributed by atoms with E-state index in [4.69, 9.17) is 5.73 Å². The molecule has 0 aromatic heterocycles. The lowest BCUT2D eigenvalue weighted by Crippen LogP contribution is -2.49. The van der Waals surface area contributed by atoms with E-state index in [2.05, 4.69) is 43.4 Å². The molecule has 2 atom stereocenters. The second-order valence-corrected chi connectivity index (χ2v) is 6.07. The molecule has 1 aromatic rings. The molecule has 2 nitrogen and oxygen atoms in total. The lowest BCUT2D eigenvalue weighted by Gasteiger charge is -2.34. The van der Waals surface area contributed by atoms with Gasteiger partial charge in [0.05, 0.1) is 5.54 Å². The van der Waals surface area contributed by atoms with Crippen LogP contribution in [0, 0.1) is 6.92 Å². The fourth-order valence-corrected chi connectivity index (χ4v) is 3.70. The van der Waals surface area contributed by atoms with Crippen molar-refractivity contribution in [2.45, 2.75) is 31.1 Å². The maximum absolute atomic E-state index is 5.97. The number of rotatable bonds is 3. The minimum absolute atomic E-state index is 0.0818. The van der Waals surface area contributed by atoms with Crippen LogP contribution in [0.3, 0.4) is 0 Å². The number of aryl methyl sites for hydroxylation is 1. The molecular weight excluding hydrogens is 216 g/mol. The molecule has 3 heteroatoms. The van der Waals surface area contributed by atoms with Crippen LogP contribution in [0.1, 0.15) is 18.9 Å². The van der Waals surface area contributed by atoms with Crippen LogP contribution in [0.5, 0.6) is 0 Å². The van der Waals surface area contributed by atoms with E-state index in [0.29, 0.717) is 11.8 Å². The Morgan fingerprint density at radius 1 is 1.56 bits per heavy atom. The summed E-state index contributed by atoms with van der Waals surface area (Å²) in [6.45, 7) is 5.09. The molecule has 2 rings (SSSR count). The fraction of sp³-hybridized carbons (Fsp3) is 0.538. The van der Waals surface area contributed by atoms with Crippen molar-refractivity contribution in [3.63, 3.8) is 0 Å². The molecule has 3 N–H and O–H groups in total. The Morgan fingerprint density at radius 3 is 2.94 bits per heavy atom. The Labute approximate surface area is 102 Å². The summed E-state index contributed by atoms with van der Waals surface area (Å²) in [5, 5.41) is 4.23. The van der Waals surface area contributed by atoms with E-state index >= 15 is 0 Å². The van der Waals surface area contributed by atoms with Gasteiger partial charge < -0.3 is 11.1 Å². The van der Waals surface area contributed by atoms with Gasteiger partial charge in [-0.25, -0.2) is 0 Å². The van der Waals surface area contributed by atoms with Gasteiger partial charge in [-0.1, -0.05) is 19.1 Å². The molecule has 0 aliphatic carbocycles. The van der Waals surface area contributed by atoms with Crippen LogP contribution < -0.4 is 11.1 Å². The lowest BCUT2D eigenvalue weighted by molar-refractivity contribution is 0.480. The van der Waals surface area contributed by atoms with Crippen molar-refractivity contribution in [2.75, 3.05) is 17.6 Å². The molecular formula is C13H20N2S. The van der Waals surface area contributed by atoms with Crippen molar-refractivity contribution >= 4 is 17.4 Å². The molecule has 1 aromatic carbocycles. The van der Waals surface area contributed by atoms with Gasteiger partial charge in [-0.2, -0.15) is 11.8 Å². The van der Waals surface area contributed by atoms with Crippen LogP contribution >= 0.6 is 11.8 Å². The molecule has 1 heterocycles. The summed E-state index contributed by atoms with van der Waals surface area (Å²) in [7, 11) is 0. The monoisotopic (exact) mass is 236 g/mol. The van der Waals surface area contributed by atoms with Crippen molar-refractivity contribution in [3.8, 4) is 0 Å². The number of benzene rings is 1. The highest BCUT2D eigenvalue weighted by Crippen LogP contribution is 2.37. The van der Waals surface area contributed by atoms with Crippen LogP contribution in [0.2, 0.25) is 0 Å². The quantitative estimate of drug-likeness (QED) is 0.847. The third-order valence-corrected chi connectivity index (χ3v) is 4.86. The highest BCUT2D eigenvalue weighted by molar-refractivity contribution is 8.00. The maximum atomic E-state index is 5.97. The number of hydrogen-bond donors (Lipinski definition) is 2. The number of nitrogens with one attached hydrogen (secondary N) is 1. The summed E-state index contributed by atoms with van der Waals surface area (Å²) in [6, 6.07) is 8.52. The van der Waals surface area contributed by atoms with Crippen molar-refractivity contribution < 1.29 is 0 Å². The third-order valence-electron chi connectivity index (χ3n) is 3.47. The number of thioether (sulfide) groups is 1. The minimum atomic E-state index is 0.0818. The van der Waals surface area contributed by atoms with E-state index in [9.17, 15) is 0 Å². The number of nitrogens with two attached hydrogens (primary N) is 1. The zero-order valence-electron chi connectivity index (χ0n) is 9.99. The van der Waals surface area contributed by atoms with Crippen molar-refractivity contribution in [3.05, 3.63) is 29.8 Å². The number of anilines is 1. The largest absolute Gasteiger partial charge is 0.377 e. The second kappa shape index (κ2) is 4.68. The van der Waals surface area contributed by atoms with Gasteiger partial charge in [-0.3, -0.25) is 0 Å². The average Bonchev–Trinajstić information content (AvgIpc) is 2.61. The summed E-state index contributed by atoms with van der Waals surface area (Å²) in [5.41, 5.74) is 8.53. The van der Waals surface area contributed by atoms with Crippen molar-refractivity contribution in [2.24, 2.45) is 5.73 Å². The van der Waals surface area contributed by atoms with E-state index in [1.807, 2.05) is 11.8 Å². The molecule has 1 aliphatic rings. The van der Waals surface area contributed by atoms with E-state index in [1.54, 1.807) is 0 Å². The second-order valence-electron chi connectivity index (χ2n) is 4.62. The van der Waals surface area contributed by atoms with E-state index in [0.717, 1.165) is 6.42 Å². The molecule has 2 unspecified atom stereocenters. The first-order valence-corrected chi connectivity index (χ1v) is 6.88. The summed E-state index contributed by atoms with van der Waals surface area (Å²) in [4.78, 5) is 0. The molecule has 1 saturated heterocycles. The normalized spacial score (nSPS) is 29.3. The molecule has 88 valence electrons. The zero-order valence-corrected chi connectivity index (χ0v) is 10.8. The summed E-state index contributed by atoms with van der Waals surface area (Å²) < 4.78 is 0. The molecule has 0 spiro atoms. The molecule has 0 saturated carbocycles. The van der Waals surface area contributed by atoms with Gasteiger partial charge in [-0.15, -0.1) is 0 Å². The predicted molar refractivity (Wildman–Crippen MR) is 73.1 cm³/mol. The highest BCUT2D eigenvalue weighted by atomic mass is 32.2. The first-order chi connectivity index (χ1) is 7.66. The SMILES string of the molecule is Cc1cccc(NC2(CN)CCSC2C)c1. The third kappa shape index (κ3) is 2.20. The van der Waals surface area contributed by atoms with Gasteiger partial charge in [0.2, 0.25) is 0 Å². The van der Waals surface area contributed by atoms with Crippen LogP contribution in [0.4, 0.5) is 5.69 Å². The summed E-state index contributed by atoms with van der Waals surface area (Å²) in [6.07, 6.45) is 1.16. The highest BCUT2D eigenvalue weighted by Gasteiger charge is 2.39.